The highest BCUT2D eigenvalue weighted by Crippen LogP contribution is 2.25. The number of carbonyl (C=O) groups excluding carboxylic acids is 1. The minimum absolute atomic E-state index is 0.0895. The van der Waals surface area contributed by atoms with E-state index in [4.69, 9.17) is 27.9 Å². The van der Waals surface area contributed by atoms with Crippen molar-refractivity contribution < 1.29 is 14.6 Å². The molecule has 0 aliphatic heterocycles. The van der Waals surface area contributed by atoms with Crippen molar-refractivity contribution in [3.63, 3.8) is 0 Å². The van der Waals surface area contributed by atoms with Crippen molar-refractivity contribution in [2.45, 2.75) is 19.1 Å². The Kier molecular flexibility index (Phi) is 6.71. The lowest BCUT2D eigenvalue weighted by atomic mass is 10.0. The first-order valence-corrected chi connectivity index (χ1v) is 7.88. The normalized spacial score (nSPS) is 11.8. The summed E-state index contributed by atoms with van der Waals surface area (Å²) in [6, 6.07) is 14.0. The van der Waals surface area contributed by atoms with E-state index >= 15 is 0 Å². The van der Waals surface area contributed by atoms with Gasteiger partial charge in [-0.2, -0.15) is 0 Å². The summed E-state index contributed by atoms with van der Waals surface area (Å²) in [6.45, 7) is 0.0859. The highest BCUT2D eigenvalue weighted by atomic mass is 35.5. The van der Waals surface area contributed by atoms with Gasteiger partial charge in [-0.25, -0.2) is 4.79 Å². The number of amides is 1. The Labute approximate surface area is 145 Å². The van der Waals surface area contributed by atoms with E-state index in [1.165, 1.54) is 0 Å². The zero-order chi connectivity index (χ0) is 16.7. The first-order chi connectivity index (χ1) is 11.1. The number of aliphatic hydroxyl groups excluding tert-OH is 1. The summed E-state index contributed by atoms with van der Waals surface area (Å²) in [4.78, 5) is 12.0. The van der Waals surface area contributed by atoms with E-state index in [1.807, 2.05) is 30.3 Å². The molecule has 0 saturated heterocycles. The summed E-state index contributed by atoms with van der Waals surface area (Å²) < 4.78 is 5.19. The third-order valence-corrected chi connectivity index (χ3v) is 3.65. The summed E-state index contributed by atoms with van der Waals surface area (Å²) >= 11 is 12.0. The second kappa shape index (κ2) is 8.77. The Morgan fingerprint density at radius 1 is 1.13 bits per heavy atom. The average molecular weight is 354 g/mol. The monoisotopic (exact) mass is 353 g/mol. The molecule has 2 aromatic carbocycles. The zero-order valence-electron chi connectivity index (χ0n) is 12.3. The zero-order valence-corrected chi connectivity index (χ0v) is 13.8. The minimum Gasteiger partial charge on any atom is -0.445 e. The largest absolute Gasteiger partial charge is 0.445 e. The molecule has 1 atom stereocenters. The fourth-order valence-corrected chi connectivity index (χ4v) is 2.68. The molecule has 0 fully saturated rings. The van der Waals surface area contributed by atoms with Crippen molar-refractivity contribution in [3.8, 4) is 0 Å². The van der Waals surface area contributed by atoms with E-state index in [1.54, 1.807) is 18.2 Å². The third kappa shape index (κ3) is 5.75. The molecule has 0 aliphatic rings. The van der Waals surface area contributed by atoms with Crippen molar-refractivity contribution in [3.05, 3.63) is 69.7 Å². The molecule has 2 aromatic rings. The van der Waals surface area contributed by atoms with Crippen LogP contribution in [0, 0.1) is 0 Å². The standard InChI is InChI=1S/C17H17Cl2NO3/c18-14-8-13(9-15(19)10-14)16(6-7-21)20-17(22)23-11-12-4-2-1-3-5-12/h1-5,8-10,16,21H,6-7,11H2,(H,20,22). The van der Waals surface area contributed by atoms with Gasteiger partial charge in [0.1, 0.15) is 6.61 Å². The first kappa shape index (κ1) is 17.6. The molecule has 0 spiro atoms. The van der Waals surface area contributed by atoms with E-state index in [2.05, 4.69) is 5.32 Å². The van der Waals surface area contributed by atoms with Crippen molar-refractivity contribution in [1.82, 2.24) is 5.32 Å². The maximum atomic E-state index is 12.0. The van der Waals surface area contributed by atoms with Gasteiger partial charge in [0, 0.05) is 16.7 Å². The number of hydrogen-bond donors (Lipinski definition) is 2. The quantitative estimate of drug-likeness (QED) is 0.811. The Morgan fingerprint density at radius 2 is 1.78 bits per heavy atom. The SMILES string of the molecule is O=C(NC(CCO)c1cc(Cl)cc(Cl)c1)OCc1ccccc1. The van der Waals surface area contributed by atoms with Crippen LogP contribution < -0.4 is 5.32 Å². The van der Waals surface area contributed by atoms with Gasteiger partial charge in [-0.15, -0.1) is 0 Å². The molecule has 23 heavy (non-hydrogen) atoms. The fraction of sp³-hybridized carbons (Fsp3) is 0.235. The van der Waals surface area contributed by atoms with Crippen LogP contribution in [0.4, 0.5) is 4.79 Å². The van der Waals surface area contributed by atoms with Crippen LogP contribution in [0.5, 0.6) is 0 Å². The molecule has 1 amide bonds. The van der Waals surface area contributed by atoms with Crippen LogP contribution in [0.2, 0.25) is 10.0 Å². The lowest BCUT2D eigenvalue weighted by Crippen LogP contribution is -2.29. The van der Waals surface area contributed by atoms with Crippen molar-refractivity contribution in [1.29, 1.82) is 0 Å². The average Bonchev–Trinajstić information content (AvgIpc) is 2.52. The summed E-state index contributed by atoms with van der Waals surface area (Å²) in [5.41, 5.74) is 1.61. The van der Waals surface area contributed by atoms with Crippen molar-refractivity contribution >= 4 is 29.3 Å². The number of halogens is 2. The summed E-state index contributed by atoms with van der Waals surface area (Å²) in [6.07, 6.45) is -0.236. The number of ether oxygens (including phenoxy) is 1. The molecule has 0 radical (unpaired) electrons. The minimum atomic E-state index is -0.566. The smallest absolute Gasteiger partial charge is 0.407 e. The van der Waals surface area contributed by atoms with Gasteiger partial charge in [0.25, 0.3) is 0 Å². The lowest BCUT2D eigenvalue weighted by molar-refractivity contribution is 0.133. The molecule has 0 bridgehead atoms. The molecule has 0 aliphatic carbocycles. The number of carbonyl (C=O) groups is 1. The van der Waals surface area contributed by atoms with Crippen molar-refractivity contribution in [2.75, 3.05) is 6.61 Å². The van der Waals surface area contributed by atoms with Crippen LogP contribution in [0.3, 0.4) is 0 Å². The van der Waals surface area contributed by atoms with E-state index in [9.17, 15) is 9.90 Å². The summed E-state index contributed by atoms with van der Waals surface area (Å²) in [5, 5.41) is 12.9. The van der Waals surface area contributed by atoms with Gasteiger partial charge in [-0.05, 0) is 35.7 Å². The fourth-order valence-electron chi connectivity index (χ4n) is 2.13. The number of benzene rings is 2. The van der Waals surface area contributed by atoms with E-state index in [0.29, 0.717) is 22.0 Å². The molecule has 2 N–H and O–H groups in total. The molecule has 1 unspecified atom stereocenters. The second-order valence-corrected chi connectivity index (χ2v) is 5.85. The van der Waals surface area contributed by atoms with Gasteiger partial charge < -0.3 is 15.2 Å². The van der Waals surface area contributed by atoms with E-state index in [0.717, 1.165) is 5.56 Å². The van der Waals surface area contributed by atoms with Gasteiger partial charge in [0.2, 0.25) is 0 Å². The van der Waals surface area contributed by atoms with Gasteiger partial charge in [-0.1, -0.05) is 53.5 Å². The lowest BCUT2D eigenvalue weighted by Gasteiger charge is -2.18. The third-order valence-electron chi connectivity index (χ3n) is 3.21. The van der Waals surface area contributed by atoms with Crippen LogP contribution in [-0.2, 0) is 11.3 Å². The van der Waals surface area contributed by atoms with Crippen LogP contribution >= 0.6 is 23.2 Å². The maximum absolute atomic E-state index is 12.0. The van der Waals surface area contributed by atoms with Crippen LogP contribution in [0.25, 0.3) is 0 Å². The van der Waals surface area contributed by atoms with Crippen molar-refractivity contribution in [2.24, 2.45) is 0 Å². The van der Waals surface area contributed by atoms with Gasteiger partial charge in [0.15, 0.2) is 0 Å². The number of rotatable bonds is 6. The number of nitrogens with one attached hydrogen (secondary N) is 1. The molecule has 0 saturated carbocycles. The summed E-state index contributed by atoms with van der Waals surface area (Å²) in [7, 11) is 0. The molecule has 6 heteroatoms. The highest BCUT2D eigenvalue weighted by molar-refractivity contribution is 6.34. The molecule has 0 aromatic heterocycles. The Morgan fingerprint density at radius 3 is 2.39 bits per heavy atom. The Hall–Kier alpha value is -1.75. The second-order valence-electron chi connectivity index (χ2n) is 4.97. The maximum Gasteiger partial charge on any atom is 0.407 e. The number of hydrogen-bond acceptors (Lipinski definition) is 3. The topological polar surface area (TPSA) is 58.6 Å². The number of aliphatic hydroxyl groups is 1. The van der Waals surface area contributed by atoms with Crippen LogP contribution in [0.1, 0.15) is 23.6 Å². The molecular weight excluding hydrogens is 337 g/mol. The van der Waals surface area contributed by atoms with Gasteiger partial charge in [0.05, 0.1) is 6.04 Å². The number of alkyl carbamates (subject to hydrolysis) is 1. The van der Waals surface area contributed by atoms with E-state index in [-0.39, 0.29) is 13.2 Å². The van der Waals surface area contributed by atoms with Gasteiger partial charge >= 0.3 is 6.09 Å². The predicted octanol–water partition coefficient (Wildman–Crippen LogP) is 4.34. The van der Waals surface area contributed by atoms with E-state index < -0.39 is 12.1 Å². The van der Waals surface area contributed by atoms with Crippen LogP contribution in [0.15, 0.2) is 48.5 Å². The Bertz CT molecular complexity index is 629. The molecule has 4 nitrogen and oxygen atoms in total. The molecular formula is C17H17Cl2NO3. The highest BCUT2D eigenvalue weighted by Gasteiger charge is 2.16. The molecule has 0 heterocycles. The van der Waals surface area contributed by atoms with Crippen LogP contribution in [-0.4, -0.2) is 17.8 Å². The molecule has 122 valence electrons. The van der Waals surface area contributed by atoms with Gasteiger partial charge in [-0.3, -0.25) is 0 Å². The summed E-state index contributed by atoms with van der Waals surface area (Å²) in [5.74, 6) is 0. The first-order valence-electron chi connectivity index (χ1n) is 7.12. The predicted molar refractivity (Wildman–Crippen MR) is 90.7 cm³/mol. The molecule has 2 rings (SSSR count). The Balaban J connectivity index is 1.99.